The summed E-state index contributed by atoms with van der Waals surface area (Å²) in [4.78, 5) is 27.7. The fourth-order valence-corrected chi connectivity index (χ4v) is 4.58. The number of H-pyrrole nitrogens is 1. The number of aromatic amines is 1. The average molecular weight is 399 g/mol. The highest BCUT2D eigenvalue weighted by Gasteiger charge is 2.29. The molecule has 2 aromatic rings. The van der Waals surface area contributed by atoms with Gasteiger partial charge in [-0.25, -0.2) is 4.79 Å². The van der Waals surface area contributed by atoms with E-state index in [2.05, 4.69) is 17.2 Å². The van der Waals surface area contributed by atoms with E-state index in [1.165, 1.54) is 32.1 Å². The van der Waals surface area contributed by atoms with Crippen LogP contribution in [-0.4, -0.2) is 28.0 Å². The van der Waals surface area contributed by atoms with E-state index in [0.29, 0.717) is 0 Å². The molecule has 0 bridgehead atoms. The second-order valence-corrected chi connectivity index (χ2v) is 8.53. The summed E-state index contributed by atoms with van der Waals surface area (Å²) in [5.41, 5.74) is 1.90. The highest BCUT2D eigenvalue weighted by atomic mass is 16.4. The van der Waals surface area contributed by atoms with Gasteiger partial charge in [-0.15, -0.1) is 0 Å². The summed E-state index contributed by atoms with van der Waals surface area (Å²) < 4.78 is 0. The highest BCUT2D eigenvalue weighted by molar-refractivity contribution is 5.87. The van der Waals surface area contributed by atoms with E-state index in [0.717, 1.165) is 48.1 Å². The number of carbonyl (C=O) groups is 2. The van der Waals surface area contributed by atoms with Gasteiger partial charge in [0.15, 0.2) is 0 Å². The lowest BCUT2D eigenvalue weighted by Gasteiger charge is -2.28. The number of aromatic nitrogens is 1. The molecule has 1 aromatic carbocycles. The van der Waals surface area contributed by atoms with Crippen molar-refractivity contribution < 1.29 is 14.7 Å². The van der Waals surface area contributed by atoms with Crippen LogP contribution in [0.2, 0.25) is 0 Å². The van der Waals surface area contributed by atoms with Crippen molar-refractivity contribution in [1.82, 2.24) is 10.3 Å². The third-order valence-electron chi connectivity index (χ3n) is 6.40. The molecule has 3 N–H and O–H groups in total. The first-order chi connectivity index (χ1) is 14.1. The third kappa shape index (κ3) is 5.84. The van der Waals surface area contributed by atoms with Gasteiger partial charge in [0.2, 0.25) is 5.91 Å². The average Bonchev–Trinajstić information content (AvgIpc) is 3.14. The Hall–Kier alpha value is -2.30. The van der Waals surface area contributed by atoms with Crippen LogP contribution in [-0.2, 0) is 16.0 Å². The van der Waals surface area contributed by atoms with E-state index in [9.17, 15) is 14.7 Å². The van der Waals surface area contributed by atoms with Crippen LogP contribution in [0.1, 0.15) is 70.3 Å². The van der Waals surface area contributed by atoms with Crippen LogP contribution in [0, 0.1) is 11.8 Å². The molecule has 0 aliphatic heterocycles. The van der Waals surface area contributed by atoms with Gasteiger partial charge in [0, 0.05) is 29.4 Å². The van der Waals surface area contributed by atoms with E-state index in [-0.39, 0.29) is 18.2 Å². The van der Waals surface area contributed by atoms with Gasteiger partial charge < -0.3 is 15.4 Å². The summed E-state index contributed by atoms with van der Waals surface area (Å²) in [7, 11) is 0. The Labute approximate surface area is 173 Å². The first-order valence-corrected chi connectivity index (χ1v) is 11.2. The Balaban J connectivity index is 1.51. The van der Waals surface area contributed by atoms with Crippen molar-refractivity contribution in [2.45, 2.75) is 77.2 Å². The summed E-state index contributed by atoms with van der Waals surface area (Å²) in [5, 5.41) is 13.5. The monoisotopic (exact) mass is 398 g/mol. The van der Waals surface area contributed by atoms with E-state index in [1.54, 1.807) is 0 Å². The van der Waals surface area contributed by atoms with Crippen molar-refractivity contribution in [2.75, 3.05) is 0 Å². The number of fused-ring (bicyclic) bond motifs is 1. The maximum Gasteiger partial charge on any atom is 0.326 e. The number of hydrogen-bond donors (Lipinski definition) is 3. The van der Waals surface area contributed by atoms with Gasteiger partial charge in [0.1, 0.15) is 6.04 Å². The minimum absolute atomic E-state index is 0.0493. The third-order valence-corrected chi connectivity index (χ3v) is 6.40. The molecule has 0 saturated heterocycles. The Bertz CT molecular complexity index is 805. The number of para-hydroxylation sites is 1. The SMILES string of the molecule is CCCCCCC1CCC(C(=O)N[C@H](Cc2c[nH]c3ccccc23)C(=O)O)CC1. The fourth-order valence-electron chi connectivity index (χ4n) is 4.58. The summed E-state index contributed by atoms with van der Waals surface area (Å²) in [6.45, 7) is 2.23. The zero-order valence-corrected chi connectivity index (χ0v) is 17.5. The van der Waals surface area contributed by atoms with Crippen molar-refractivity contribution in [3.05, 3.63) is 36.0 Å². The highest BCUT2D eigenvalue weighted by Crippen LogP contribution is 2.32. The van der Waals surface area contributed by atoms with E-state index in [4.69, 9.17) is 0 Å². The van der Waals surface area contributed by atoms with Crippen molar-refractivity contribution in [3.63, 3.8) is 0 Å². The molecule has 1 amide bonds. The molecule has 1 aromatic heterocycles. The minimum Gasteiger partial charge on any atom is -0.480 e. The molecular formula is C24H34N2O3. The molecule has 1 heterocycles. The number of nitrogens with one attached hydrogen (secondary N) is 2. The largest absolute Gasteiger partial charge is 0.480 e. The summed E-state index contributed by atoms with van der Waals surface area (Å²) in [5.74, 6) is -0.390. The predicted molar refractivity (Wildman–Crippen MR) is 116 cm³/mol. The number of carboxylic acids is 1. The van der Waals surface area contributed by atoms with Crippen LogP contribution >= 0.6 is 0 Å². The molecule has 29 heavy (non-hydrogen) atoms. The maximum absolute atomic E-state index is 12.7. The number of amides is 1. The van der Waals surface area contributed by atoms with Gasteiger partial charge in [-0.3, -0.25) is 4.79 Å². The zero-order valence-electron chi connectivity index (χ0n) is 17.5. The van der Waals surface area contributed by atoms with Crippen LogP contribution < -0.4 is 5.32 Å². The number of aliphatic carboxylic acids is 1. The van der Waals surface area contributed by atoms with Gasteiger partial charge in [0.05, 0.1) is 0 Å². The molecule has 3 rings (SSSR count). The molecule has 1 atom stereocenters. The smallest absolute Gasteiger partial charge is 0.326 e. The Morgan fingerprint density at radius 2 is 1.90 bits per heavy atom. The van der Waals surface area contributed by atoms with Crippen molar-refractivity contribution in [1.29, 1.82) is 0 Å². The van der Waals surface area contributed by atoms with Crippen molar-refractivity contribution in [3.8, 4) is 0 Å². The lowest BCUT2D eigenvalue weighted by molar-refractivity contribution is -0.142. The first-order valence-electron chi connectivity index (χ1n) is 11.2. The van der Waals surface area contributed by atoms with Crippen LogP contribution in [0.15, 0.2) is 30.5 Å². The molecule has 158 valence electrons. The number of benzene rings is 1. The quantitative estimate of drug-likeness (QED) is 0.489. The van der Waals surface area contributed by atoms with Crippen molar-refractivity contribution >= 4 is 22.8 Å². The van der Waals surface area contributed by atoms with E-state index >= 15 is 0 Å². The number of unbranched alkanes of at least 4 members (excludes halogenated alkanes) is 3. The van der Waals surface area contributed by atoms with Crippen LogP contribution in [0.5, 0.6) is 0 Å². The van der Waals surface area contributed by atoms with Gasteiger partial charge in [-0.05, 0) is 43.2 Å². The summed E-state index contributed by atoms with van der Waals surface area (Å²) >= 11 is 0. The van der Waals surface area contributed by atoms with E-state index < -0.39 is 12.0 Å². The fraction of sp³-hybridized carbons (Fsp3) is 0.583. The maximum atomic E-state index is 12.7. The molecule has 1 fully saturated rings. The van der Waals surface area contributed by atoms with Gasteiger partial charge in [-0.2, -0.15) is 0 Å². The second kappa shape index (κ2) is 10.5. The predicted octanol–water partition coefficient (Wildman–Crippen LogP) is 5.06. The molecule has 1 aliphatic carbocycles. The molecule has 1 aliphatic rings. The van der Waals surface area contributed by atoms with Crippen LogP contribution in [0.4, 0.5) is 0 Å². The van der Waals surface area contributed by atoms with Crippen LogP contribution in [0.3, 0.4) is 0 Å². The molecule has 0 spiro atoms. The lowest BCUT2D eigenvalue weighted by Crippen LogP contribution is -2.45. The van der Waals surface area contributed by atoms with Gasteiger partial charge in [-0.1, -0.05) is 57.2 Å². The number of carbonyl (C=O) groups excluding carboxylic acids is 1. The second-order valence-electron chi connectivity index (χ2n) is 8.53. The molecule has 0 radical (unpaired) electrons. The molecule has 1 saturated carbocycles. The molecule has 5 heteroatoms. The van der Waals surface area contributed by atoms with E-state index in [1.807, 2.05) is 30.5 Å². The standard InChI is InChI=1S/C24H34N2O3/c1-2-3-4-5-8-17-11-13-18(14-12-17)23(27)26-22(24(28)29)15-19-16-25-21-10-7-6-9-20(19)21/h6-7,9-10,16-18,22,25H,2-5,8,11-15H2,1H3,(H,26,27)(H,28,29)/t17?,18?,22-/m1/s1. The molecule has 5 nitrogen and oxygen atoms in total. The topological polar surface area (TPSA) is 82.2 Å². The minimum atomic E-state index is -0.978. The zero-order chi connectivity index (χ0) is 20.6. The van der Waals surface area contributed by atoms with Crippen molar-refractivity contribution in [2.24, 2.45) is 11.8 Å². The van der Waals surface area contributed by atoms with Gasteiger partial charge >= 0.3 is 5.97 Å². The number of rotatable bonds is 10. The Kier molecular flexibility index (Phi) is 7.73. The summed E-state index contributed by atoms with van der Waals surface area (Å²) in [6, 6.07) is 6.93. The Morgan fingerprint density at radius 3 is 2.62 bits per heavy atom. The normalized spacial score (nSPS) is 20.4. The summed E-state index contributed by atoms with van der Waals surface area (Å²) in [6.07, 6.45) is 12.5. The first kappa shape index (κ1) is 21.4. The van der Waals surface area contributed by atoms with Gasteiger partial charge in [0.25, 0.3) is 0 Å². The van der Waals surface area contributed by atoms with Crippen LogP contribution in [0.25, 0.3) is 10.9 Å². The molecule has 0 unspecified atom stereocenters. The Morgan fingerprint density at radius 1 is 1.14 bits per heavy atom. The molecular weight excluding hydrogens is 364 g/mol. The lowest BCUT2D eigenvalue weighted by atomic mass is 9.79. The number of hydrogen-bond acceptors (Lipinski definition) is 2. The number of carboxylic acid groups (broad SMARTS) is 1.